The quantitative estimate of drug-likeness (QED) is 0.938. The van der Waals surface area contributed by atoms with Crippen molar-refractivity contribution >= 4 is 0 Å². The van der Waals surface area contributed by atoms with Crippen LogP contribution < -0.4 is 5.43 Å². The second kappa shape index (κ2) is 6.75. The standard InChI is InChI=1S/C17H21N3O2/c21-16-10-15(12-19-8-4-1-5-9-19)20(13-17(16)22)11-14-6-2-3-7-18-14/h2-3,6-7,10,13,22H,1,4-5,8-9,11-12H2. The van der Waals surface area contributed by atoms with Crippen LogP contribution in [0.15, 0.2) is 41.5 Å². The fourth-order valence-corrected chi connectivity index (χ4v) is 2.90. The Balaban J connectivity index is 1.86. The van der Waals surface area contributed by atoms with E-state index in [1.54, 1.807) is 12.3 Å². The molecule has 0 unspecified atom stereocenters. The van der Waals surface area contributed by atoms with Crippen LogP contribution in [0.3, 0.4) is 0 Å². The predicted octanol–water partition coefficient (Wildman–Crippen LogP) is 1.98. The van der Waals surface area contributed by atoms with Crippen molar-refractivity contribution in [2.75, 3.05) is 13.1 Å². The number of hydrogen-bond acceptors (Lipinski definition) is 4. The number of piperidine rings is 1. The van der Waals surface area contributed by atoms with Crippen molar-refractivity contribution in [3.05, 3.63) is 58.3 Å². The van der Waals surface area contributed by atoms with E-state index in [-0.39, 0.29) is 11.2 Å². The van der Waals surface area contributed by atoms with E-state index in [0.717, 1.165) is 31.0 Å². The minimum Gasteiger partial charge on any atom is -0.503 e. The molecule has 22 heavy (non-hydrogen) atoms. The zero-order valence-electron chi connectivity index (χ0n) is 12.6. The minimum atomic E-state index is -0.315. The van der Waals surface area contributed by atoms with Gasteiger partial charge in [0.1, 0.15) is 0 Å². The summed E-state index contributed by atoms with van der Waals surface area (Å²) in [5.74, 6) is -0.210. The summed E-state index contributed by atoms with van der Waals surface area (Å²) in [6.07, 6.45) is 6.98. The van der Waals surface area contributed by atoms with Crippen LogP contribution in [-0.4, -0.2) is 32.6 Å². The summed E-state index contributed by atoms with van der Waals surface area (Å²) in [5.41, 5.74) is 1.52. The topological polar surface area (TPSA) is 58.4 Å². The predicted molar refractivity (Wildman–Crippen MR) is 84.8 cm³/mol. The molecule has 2 aromatic heterocycles. The van der Waals surface area contributed by atoms with Crippen LogP contribution in [0.2, 0.25) is 0 Å². The van der Waals surface area contributed by atoms with Gasteiger partial charge in [-0.25, -0.2) is 0 Å². The number of aromatic nitrogens is 2. The lowest BCUT2D eigenvalue weighted by Crippen LogP contribution is -2.31. The molecule has 0 atom stereocenters. The molecule has 2 aromatic rings. The Morgan fingerprint density at radius 2 is 1.95 bits per heavy atom. The first-order chi connectivity index (χ1) is 10.7. The highest BCUT2D eigenvalue weighted by Gasteiger charge is 2.14. The molecular weight excluding hydrogens is 278 g/mol. The molecule has 1 N–H and O–H groups in total. The maximum absolute atomic E-state index is 11.8. The first-order valence-electron chi connectivity index (χ1n) is 7.77. The van der Waals surface area contributed by atoms with Gasteiger partial charge in [-0.3, -0.25) is 14.7 Å². The Morgan fingerprint density at radius 1 is 1.14 bits per heavy atom. The summed E-state index contributed by atoms with van der Waals surface area (Å²) in [4.78, 5) is 18.5. The third-order valence-electron chi connectivity index (χ3n) is 4.09. The van der Waals surface area contributed by atoms with Crippen LogP contribution in [0.5, 0.6) is 5.75 Å². The van der Waals surface area contributed by atoms with Gasteiger partial charge in [0.25, 0.3) is 0 Å². The van der Waals surface area contributed by atoms with Crippen molar-refractivity contribution in [1.29, 1.82) is 0 Å². The second-order valence-electron chi connectivity index (χ2n) is 5.80. The van der Waals surface area contributed by atoms with Gasteiger partial charge in [-0.05, 0) is 38.1 Å². The molecule has 5 heteroatoms. The Bertz CT molecular complexity index is 676. The van der Waals surface area contributed by atoms with E-state index >= 15 is 0 Å². The van der Waals surface area contributed by atoms with Gasteiger partial charge in [-0.2, -0.15) is 0 Å². The Hall–Kier alpha value is -2.14. The zero-order valence-corrected chi connectivity index (χ0v) is 12.6. The average Bonchev–Trinajstić information content (AvgIpc) is 2.54. The Morgan fingerprint density at radius 3 is 2.68 bits per heavy atom. The molecule has 0 radical (unpaired) electrons. The van der Waals surface area contributed by atoms with Crippen molar-refractivity contribution in [2.45, 2.75) is 32.4 Å². The normalized spacial score (nSPS) is 15.8. The lowest BCUT2D eigenvalue weighted by molar-refractivity contribution is 0.215. The minimum absolute atomic E-state index is 0.210. The van der Waals surface area contributed by atoms with Crippen molar-refractivity contribution in [3.8, 4) is 5.75 Å². The van der Waals surface area contributed by atoms with E-state index in [1.807, 2.05) is 22.8 Å². The van der Waals surface area contributed by atoms with Crippen molar-refractivity contribution < 1.29 is 5.11 Å². The highest BCUT2D eigenvalue weighted by atomic mass is 16.3. The second-order valence-corrected chi connectivity index (χ2v) is 5.80. The van der Waals surface area contributed by atoms with E-state index in [0.29, 0.717) is 6.54 Å². The maximum atomic E-state index is 11.8. The number of rotatable bonds is 4. The largest absolute Gasteiger partial charge is 0.503 e. The molecule has 0 aliphatic carbocycles. The van der Waals surface area contributed by atoms with E-state index in [4.69, 9.17) is 0 Å². The van der Waals surface area contributed by atoms with E-state index in [2.05, 4.69) is 9.88 Å². The van der Waals surface area contributed by atoms with Crippen molar-refractivity contribution in [1.82, 2.24) is 14.5 Å². The SMILES string of the molecule is O=c1cc(CN2CCCCC2)n(Cc2ccccn2)cc1O. The monoisotopic (exact) mass is 299 g/mol. The van der Waals surface area contributed by atoms with Gasteiger partial charge in [0.05, 0.1) is 18.4 Å². The van der Waals surface area contributed by atoms with E-state index in [9.17, 15) is 9.90 Å². The summed E-state index contributed by atoms with van der Waals surface area (Å²) in [5, 5.41) is 9.74. The summed E-state index contributed by atoms with van der Waals surface area (Å²) >= 11 is 0. The lowest BCUT2D eigenvalue weighted by Gasteiger charge is -2.27. The van der Waals surface area contributed by atoms with Crippen LogP contribution in [-0.2, 0) is 13.1 Å². The third kappa shape index (κ3) is 3.54. The molecule has 0 bridgehead atoms. The summed E-state index contributed by atoms with van der Waals surface area (Å²) in [6, 6.07) is 7.31. The van der Waals surface area contributed by atoms with Gasteiger partial charge in [-0.15, -0.1) is 0 Å². The van der Waals surface area contributed by atoms with Gasteiger partial charge < -0.3 is 9.67 Å². The molecular formula is C17H21N3O2. The molecule has 0 spiro atoms. The molecule has 1 fully saturated rings. The molecule has 3 heterocycles. The van der Waals surface area contributed by atoms with Crippen molar-refractivity contribution in [2.24, 2.45) is 0 Å². The van der Waals surface area contributed by atoms with Gasteiger partial charge in [0.15, 0.2) is 5.75 Å². The van der Waals surface area contributed by atoms with Gasteiger partial charge in [0.2, 0.25) is 5.43 Å². The molecule has 1 aliphatic heterocycles. The molecule has 0 amide bonds. The summed E-state index contributed by atoms with van der Waals surface area (Å²) in [7, 11) is 0. The van der Waals surface area contributed by atoms with E-state index < -0.39 is 0 Å². The fraction of sp³-hybridized carbons (Fsp3) is 0.412. The third-order valence-corrected chi connectivity index (χ3v) is 4.09. The number of aromatic hydroxyl groups is 1. The number of hydrogen-bond donors (Lipinski definition) is 1. The van der Waals surface area contributed by atoms with Crippen LogP contribution in [0, 0.1) is 0 Å². The number of pyridine rings is 2. The van der Waals surface area contributed by atoms with Gasteiger partial charge in [0, 0.05) is 24.5 Å². The average molecular weight is 299 g/mol. The molecule has 3 rings (SSSR count). The van der Waals surface area contributed by atoms with Crippen LogP contribution in [0.25, 0.3) is 0 Å². The Kier molecular flexibility index (Phi) is 4.53. The molecule has 0 aromatic carbocycles. The zero-order chi connectivity index (χ0) is 15.4. The molecule has 116 valence electrons. The molecule has 1 saturated heterocycles. The first-order valence-corrected chi connectivity index (χ1v) is 7.77. The summed E-state index contributed by atoms with van der Waals surface area (Å²) in [6.45, 7) is 3.43. The molecule has 1 aliphatic rings. The molecule has 5 nitrogen and oxygen atoms in total. The maximum Gasteiger partial charge on any atom is 0.223 e. The fourth-order valence-electron chi connectivity index (χ4n) is 2.90. The lowest BCUT2D eigenvalue weighted by atomic mass is 10.1. The number of likely N-dealkylation sites (tertiary alicyclic amines) is 1. The molecule has 0 saturated carbocycles. The first kappa shape index (κ1) is 14.8. The van der Waals surface area contributed by atoms with Crippen molar-refractivity contribution in [3.63, 3.8) is 0 Å². The van der Waals surface area contributed by atoms with Gasteiger partial charge >= 0.3 is 0 Å². The van der Waals surface area contributed by atoms with Crippen LogP contribution in [0.1, 0.15) is 30.7 Å². The highest BCUT2D eigenvalue weighted by Crippen LogP contribution is 2.14. The summed E-state index contributed by atoms with van der Waals surface area (Å²) < 4.78 is 1.92. The smallest absolute Gasteiger partial charge is 0.223 e. The van der Waals surface area contributed by atoms with Gasteiger partial charge in [-0.1, -0.05) is 12.5 Å². The van der Waals surface area contributed by atoms with E-state index in [1.165, 1.54) is 25.5 Å². The van der Waals surface area contributed by atoms with Crippen LogP contribution in [0.4, 0.5) is 0 Å². The Labute approximate surface area is 129 Å². The highest BCUT2D eigenvalue weighted by molar-refractivity contribution is 5.21. The number of nitrogens with zero attached hydrogens (tertiary/aromatic N) is 3. The van der Waals surface area contributed by atoms with Crippen LogP contribution >= 0.6 is 0 Å².